The van der Waals surface area contributed by atoms with Gasteiger partial charge in [-0.15, -0.1) is 11.3 Å². The smallest absolute Gasteiger partial charge is 0.253 e. The number of rotatable bonds is 10. The normalized spacial score (nSPS) is 14.3. The summed E-state index contributed by atoms with van der Waals surface area (Å²) < 4.78 is 7.72. The highest BCUT2D eigenvalue weighted by atomic mass is 32.1. The van der Waals surface area contributed by atoms with Crippen molar-refractivity contribution in [3.63, 3.8) is 0 Å². The average molecular weight is 644 g/mol. The summed E-state index contributed by atoms with van der Waals surface area (Å²) in [6.45, 7) is 1.32. The minimum absolute atomic E-state index is 0.0685. The maximum Gasteiger partial charge on any atom is 0.253 e. The van der Waals surface area contributed by atoms with E-state index in [1.807, 2.05) is 94.8 Å². The molecule has 11 heteroatoms. The topological polar surface area (TPSA) is 114 Å². The largest absolute Gasteiger partial charge is 0.376 e. The molecule has 2 N–H and O–H groups in total. The van der Waals surface area contributed by atoms with Crippen molar-refractivity contribution in [2.45, 2.75) is 25.4 Å². The van der Waals surface area contributed by atoms with Crippen molar-refractivity contribution in [3.05, 3.63) is 114 Å². The maximum atomic E-state index is 13.2. The summed E-state index contributed by atoms with van der Waals surface area (Å²) in [5, 5.41) is 8.27. The monoisotopic (exact) mass is 643 g/mol. The molecule has 1 saturated heterocycles. The summed E-state index contributed by atoms with van der Waals surface area (Å²) >= 11 is 1.53. The van der Waals surface area contributed by atoms with Crippen LogP contribution in [0.5, 0.6) is 0 Å². The maximum absolute atomic E-state index is 13.2. The van der Waals surface area contributed by atoms with Gasteiger partial charge in [0, 0.05) is 60.5 Å². The van der Waals surface area contributed by atoms with Crippen LogP contribution in [0.3, 0.4) is 0 Å². The van der Waals surface area contributed by atoms with Crippen LogP contribution in [0.15, 0.2) is 103 Å². The quantitative estimate of drug-likeness (QED) is 0.171. The molecule has 236 valence electrons. The Balaban J connectivity index is 1.13. The summed E-state index contributed by atoms with van der Waals surface area (Å²) in [5.41, 5.74) is 5.97. The van der Waals surface area contributed by atoms with E-state index in [4.69, 9.17) is 14.7 Å². The molecule has 0 spiro atoms. The molecule has 10 nitrogen and oxygen atoms in total. The Bertz CT molecular complexity index is 2040. The Hall–Kier alpha value is -5.39. The summed E-state index contributed by atoms with van der Waals surface area (Å²) in [5.74, 6) is 0.227. The number of benzene rings is 3. The summed E-state index contributed by atoms with van der Waals surface area (Å²) in [6, 6.07) is 26.5. The highest BCUT2D eigenvalue weighted by Crippen LogP contribution is 2.35. The van der Waals surface area contributed by atoms with Gasteiger partial charge in [-0.05, 0) is 54.8 Å². The van der Waals surface area contributed by atoms with Gasteiger partial charge in [0.1, 0.15) is 5.69 Å². The van der Waals surface area contributed by atoms with Gasteiger partial charge in [-0.25, -0.2) is 15.0 Å². The number of anilines is 3. The molecule has 0 aliphatic carbocycles. The number of nitrogens with zero attached hydrogens (tertiary/aromatic N) is 5. The van der Waals surface area contributed by atoms with E-state index in [2.05, 4.69) is 15.6 Å². The molecule has 47 heavy (non-hydrogen) atoms. The second-order valence-electron chi connectivity index (χ2n) is 11.4. The third-order valence-electron chi connectivity index (χ3n) is 8.00. The molecular formula is C36H33N7O3S. The van der Waals surface area contributed by atoms with Crippen LogP contribution in [0.4, 0.5) is 17.3 Å². The Morgan fingerprint density at radius 1 is 1.00 bits per heavy atom. The van der Waals surface area contributed by atoms with Crippen LogP contribution in [0.1, 0.15) is 28.8 Å². The predicted molar refractivity (Wildman–Crippen MR) is 184 cm³/mol. The standard InChI is InChI=1S/C36H33N7O3S/c1-42(23-29-14-7-18-46-29)34(45)26-11-6-13-28(22-26)39-35-37-16-15-30(40-35)33-32(41-36-43(33)17-19-47-36)25-10-5-12-27(21-25)38-31(44)20-24-8-3-2-4-9-24/h2-6,8-13,15-17,19,21-22,29H,7,14,18,20,23H2,1H3,(H,38,44)(H,37,39,40). The number of carbonyl (C=O) groups excluding carboxylic acids is 2. The second-order valence-corrected chi connectivity index (χ2v) is 12.3. The van der Waals surface area contributed by atoms with Gasteiger partial charge in [-0.3, -0.25) is 14.0 Å². The first-order chi connectivity index (χ1) is 23.0. The molecule has 1 unspecified atom stereocenters. The SMILES string of the molecule is CN(CC1CCCO1)C(=O)c1cccc(Nc2nccc(-c3c(-c4cccc(NC(=O)Cc5ccccc5)c4)nc4sccn34)n2)c1. The van der Waals surface area contributed by atoms with Crippen molar-refractivity contribution in [3.8, 4) is 22.6 Å². The van der Waals surface area contributed by atoms with Gasteiger partial charge >= 0.3 is 0 Å². The van der Waals surface area contributed by atoms with Gasteiger partial charge in [0.05, 0.1) is 23.9 Å². The number of ether oxygens (including phenoxy) is 1. The Morgan fingerprint density at radius 3 is 2.70 bits per heavy atom. The Labute approximate surface area is 276 Å². The van der Waals surface area contributed by atoms with E-state index in [0.29, 0.717) is 35.1 Å². The van der Waals surface area contributed by atoms with Gasteiger partial charge in [0.25, 0.3) is 5.91 Å². The Morgan fingerprint density at radius 2 is 1.85 bits per heavy atom. The van der Waals surface area contributed by atoms with E-state index in [9.17, 15) is 9.59 Å². The number of thiazole rings is 1. The van der Waals surface area contributed by atoms with Crippen LogP contribution in [0.25, 0.3) is 27.6 Å². The number of hydrogen-bond acceptors (Lipinski definition) is 8. The zero-order valence-electron chi connectivity index (χ0n) is 25.8. The number of likely N-dealkylation sites (N-methyl/N-ethyl adjacent to an activating group) is 1. The van der Waals surface area contributed by atoms with Crippen LogP contribution in [0.2, 0.25) is 0 Å². The molecule has 4 heterocycles. The first-order valence-electron chi connectivity index (χ1n) is 15.5. The number of nitrogens with one attached hydrogen (secondary N) is 2. The number of carbonyl (C=O) groups is 2. The molecule has 6 aromatic rings. The molecule has 3 aromatic heterocycles. The molecule has 1 aliphatic rings. The fourth-order valence-corrected chi connectivity index (χ4v) is 6.48. The number of fused-ring (bicyclic) bond motifs is 1. The minimum Gasteiger partial charge on any atom is -0.376 e. The lowest BCUT2D eigenvalue weighted by Gasteiger charge is -2.21. The van der Waals surface area contributed by atoms with Crippen molar-refractivity contribution < 1.29 is 14.3 Å². The zero-order chi connectivity index (χ0) is 32.2. The van der Waals surface area contributed by atoms with E-state index >= 15 is 0 Å². The number of amides is 2. The zero-order valence-corrected chi connectivity index (χ0v) is 26.6. The van der Waals surface area contributed by atoms with Gasteiger partial charge in [0.15, 0.2) is 4.96 Å². The van der Waals surface area contributed by atoms with Crippen LogP contribution >= 0.6 is 11.3 Å². The lowest BCUT2D eigenvalue weighted by atomic mass is 10.1. The molecule has 1 aliphatic heterocycles. The summed E-state index contributed by atoms with van der Waals surface area (Å²) in [4.78, 5) is 42.7. The molecule has 2 amide bonds. The summed E-state index contributed by atoms with van der Waals surface area (Å²) in [7, 11) is 1.80. The lowest BCUT2D eigenvalue weighted by Crippen LogP contribution is -2.34. The van der Waals surface area contributed by atoms with Gasteiger partial charge < -0.3 is 20.3 Å². The van der Waals surface area contributed by atoms with Crippen molar-refractivity contribution in [1.29, 1.82) is 0 Å². The average Bonchev–Trinajstić information content (AvgIpc) is 3.84. The highest BCUT2D eigenvalue weighted by molar-refractivity contribution is 7.15. The predicted octanol–water partition coefficient (Wildman–Crippen LogP) is 6.70. The van der Waals surface area contributed by atoms with Crippen LogP contribution in [-0.2, 0) is 16.0 Å². The first kappa shape index (κ1) is 30.3. The Kier molecular flexibility index (Phi) is 8.72. The first-order valence-corrected chi connectivity index (χ1v) is 16.4. The minimum atomic E-state index is -0.0915. The van der Waals surface area contributed by atoms with Gasteiger partial charge in [0.2, 0.25) is 11.9 Å². The molecule has 1 fully saturated rings. The fraction of sp³-hybridized carbons (Fsp3) is 0.194. The molecule has 7 rings (SSSR count). The molecular weight excluding hydrogens is 611 g/mol. The van der Waals surface area contributed by atoms with E-state index in [1.54, 1.807) is 24.2 Å². The third kappa shape index (κ3) is 6.91. The second kappa shape index (κ2) is 13.5. The molecule has 0 bridgehead atoms. The van der Waals surface area contributed by atoms with E-state index in [1.165, 1.54) is 11.3 Å². The van der Waals surface area contributed by atoms with Gasteiger partial charge in [-0.2, -0.15) is 0 Å². The number of hydrogen-bond donors (Lipinski definition) is 2. The molecule has 0 saturated carbocycles. The van der Waals surface area contributed by atoms with E-state index in [0.717, 1.165) is 46.9 Å². The number of aromatic nitrogens is 4. The lowest BCUT2D eigenvalue weighted by molar-refractivity contribution is -0.115. The van der Waals surface area contributed by atoms with Gasteiger partial charge in [-0.1, -0.05) is 48.5 Å². The molecule has 1 atom stereocenters. The van der Waals surface area contributed by atoms with E-state index in [-0.39, 0.29) is 24.3 Å². The van der Waals surface area contributed by atoms with Crippen LogP contribution in [-0.4, -0.2) is 62.4 Å². The van der Waals surface area contributed by atoms with Crippen molar-refractivity contribution >= 4 is 45.4 Å². The number of imidazole rings is 1. The highest BCUT2D eigenvalue weighted by Gasteiger charge is 2.22. The summed E-state index contributed by atoms with van der Waals surface area (Å²) in [6.07, 6.45) is 6.05. The fourth-order valence-electron chi connectivity index (χ4n) is 5.77. The van der Waals surface area contributed by atoms with E-state index < -0.39 is 0 Å². The molecule has 3 aromatic carbocycles. The molecule has 0 radical (unpaired) electrons. The van der Waals surface area contributed by atoms with Crippen molar-refractivity contribution in [1.82, 2.24) is 24.3 Å². The van der Waals surface area contributed by atoms with Crippen LogP contribution in [0, 0.1) is 0 Å². The third-order valence-corrected chi connectivity index (χ3v) is 8.76. The van der Waals surface area contributed by atoms with Crippen LogP contribution < -0.4 is 10.6 Å². The van der Waals surface area contributed by atoms with Crippen molar-refractivity contribution in [2.75, 3.05) is 30.8 Å². The van der Waals surface area contributed by atoms with Crippen molar-refractivity contribution in [2.24, 2.45) is 0 Å².